The van der Waals surface area contributed by atoms with Gasteiger partial charge in [-0.25, -0.2) is 4.79 Å². The molecule has 0 spiro atoms. The Kier molecular flexibility index (Phi) is 9.02. The second-order valence-electron chi connectivity index (χ2n) is 9.31. The highest BCUT2D eigenvalue weighted by atomic mass is 28.3. The molecular formula is C27H33N3O2Si. The van der Waals surface area contributed by atoms with Gasteiger partial charge in [0.05, 0.1) is 18.4 Å². The number of methoxy groups -OCH3 is 1. The van der Waals surface area contributed by atoms with E-state index in [-0.39, 0.29) is 12.1 Å². The zero-order valence-electron chi connectivity index (χ0n) is 20.9. The van der Waals surface area contributed by atoms with E-state index >= 15 is 0 Å². The summed E-state index contributed by atoms with van der Waals surface area (Å²) in [6.45, 7) is 14.9. The maximum Gasteiger partial charge on any atom is 0.339 e. The van der Waals surface area contributed by atoms with Gasteiger partial charge in [0.2, 0.25) is 0 Å². The molecule has 0 N–H and O–H groups in total. The molecular weight excluding hydrogens is 426 g/mol. The van der Waals surface area contributed by atoms with Gasteiger partial charge in [-0.3, -0.25) is 5.01 Å². The van der Waals surface area contributed by atoms with Gasteiger partial charge in [0.25, 0.3) is 0 Å². The fourth-order valence-electron chi connectivity index (χ4n) is 2.93. The van der Waals surface area contributed by atoms with Gasteiger partial charge in [-0.1, -0.05) is 42.6 Å². The molecule has 0 atom stereocenters. The van der Waals surface area contributed by atoms with Crippen molar-refractivity contribution in [2.45, 2.75) is 59.4 Å². The van der Waals surface area contributed by atoms with Crippen LogP contribution in [0, 0.1) is 23.3 Å². The molecule has 5 nitrogen and oxygen atoms in total. The molecule has 33 heavy (non-hydrogen) atoms. The Hall–Kier alpha value is -3.35. The number of esters is 1. The molecule has 0 aromatic heterocycles. The lowest BCUT2D eigenvalue weighted by Gasteiger charge is -2.25. The summed E-state index contributed by atoms with van der Waals surface area (Å²) in [5.74, 6) is 8.96. The first kappa shape index (κ1) is 25.9. The molecule has 0 bridgehead atoms. The van der Waals surface area contributed by atoms with E-state index < -0.39 is 14.0 Å². The number of nitrogens with zero attached hydrogens (tertiary/aromatic N) is 3. The van der Waals surface area contributed by atoms with E-state index in [0.29, 0.717) is 11.1 Å². The van der Waals surface area contributed by atoms with Gasteiger partial charge in [0.15, 0.2) is 0 Å². The largest absolute Gasteiger partial charge is 0.465 e. The Balaban J connectivity index is 2.28. The maximum absolute atomic E-state index is 12.3. The van der Waals surface area contributed by atoms with Gasteiger partial charge < -0.3 is 4.74 Å². The zero-order chi connectivity index (χ0) is 24.6. The van der Waals surface area contributed by atoms with Crippen molar-refractivity contribution in [1.82, 2.24) is 5.01 Å². The third kappa shape index (κ3) is 8.25. The number of ether oxygens (including phenoxy) is 1. The van der Waals surface area contributed by atoms with Crippen LogP contribution in [0.2, 0.25) is 19.6 Å². The van der Waals surface area contributed by atoms with Gasteiger partial charge in [-0.15, -0.1) is 10.7 Å². The lowest BCUT2D eigenvalue weighted by atomic mass is 10.0. The van der Waals surface area contributed by atoms with Crippen LogP contribution in [-0.4, -0.2) is 38.2 Å². The van der Waals surface area contributed by atoms with E-state index in [1.165, 1.54) is 7.11 Å². The van der Waals surface area contributed by atoms with Crippen LogP contribution in [-0.2, 0) is 4.74 Å². The number of carbonyl (C=O) groups is 1. The van der Waals surface area contributed by atoms with Crippen LogP contribution < -0.4 is 0 Å². The highest BCUT2D eigenvalue weighted by molar-refractivity contribution is 6.83. The summed E-state index contributed by atoms with van der Waals surface area (Å²) < 4.78 is 4.95. The van der Waals surface area contributed by atoms with E-state index in [4.69, 9.17) is 4.74 Å². The Morgan fingerprint density at radius 3 is 2.06 bits per heavy atom. The Morgan fingerprint density at radius 1 is 0.909 bits per heavy atom. The number of carbonyl (C=O) groups excluding carboxylic acids is 1. The van der Waals surface area contributed by atoms with E-state index in [9.17, 15) is 4.79 Å². The predicted octanol–water partition coefficient (Wildman–Crippen LogP) is 6.22. The molecule has 2 aromatic rings. The Bertz CT molecular complexity index is 1110. The minimum atomic E-state index is -1.52. The average molecular weight is 460 g/mol. The monoisotopic (exact) mass is 459 g/mol. The summed E-state index contributed by atoms with van der Waals surface area (Å²) in [6, 6.07) is 13.5. The number of benzene rings is 2. The highest BCUT2D eigenvalue weighted by Crippen LogP contribution is 2.17. The first-order chi connectivity index (χ1) is 15.5. The summed E-state index contributed by atoms with van der Waals surface area (Å²) in [6.07, 6.45) is 0. The Morgan fingerprint density at radius 2 is 1.52 bits per heavy atom. The average Bonchev–Trinajstić information content (AvgIpc) is 2.76. The Labute approximate surface area is 199 Å². The lowest BCUT2D eigenvalue weighted by molar-refractivity contribution is 0.0600. The van der Waals surface area contributed by atoms with E-state index in [2.05, 4.69) is 81.0 Å². The summed E-state index contributed by atoms with van der Waals surface area (Å²) in [4.78, 5) is 12.3. The van der Waals surface area contributed by atoms with Crippen molar-refractivity contribution in [3.8, 4) is 23.3 Å². The fraction of sp³-hybridized carbons (Fsp3) is 0.370. The van der Waals surface area contributed by atoms with Crippen LogP contribution >= 0.6 is 0 Å². The maximum atomic E-state index is 12.3. The summed E-state index contributed by atoms with van der Waals surface area (Å²) in [5.41, 5.74) is 6.70. The molecule has 0 heterocycles. The van der Waals surface area contributed by atoms with E-state index in [1.54, 1.807) is 6.07 Å². The van der Waals surface area contributed by atoms with Crippen molar-refractivity contribution in [2.24, 2.45) is 10.3 Å². The minimum absolute atomic E-state index is 0.274. The molecule has 0 fully saturated rings. The molecule has 0 aliphatic heterocycles. The molecule has 0 aliphatic rings. The SMILES string of the molecule is COC(=O)c1cc(C#C[Si](C)(C)C)ccc1C#Cc1ccc(/N=N/N(C(C)C)C(C)C)cc1. The van der Waals surface area contributed by atoms with E-state index in [1.807, 2.05) is 41.4 Å². The van der Waals surface area contributed by atoms with Crippen molar-refractivity contribution in [2.75, 3.05) is 7.11 Å². The van der Waals surface area contributed by atoms with E-state index in [0.717, 1.165) is 16.8 Å². The van der Waals surface area contributed by atoms with Gasteiger partial charge >= 0.3 is 5.97 Å². The molecule has 0 saturated heterocycles. The standard InChI is InChI=1S/C27H33N3O2Si/c1-20(2)30(21(3)4)29-28-25-15-11-22(12-16-25)9-13-24-14-10-23(17-18-33(6,7)8)19-26(24)27(31)32-5/h10-12,14-16,19-21H,1-8H3/b29-28+. The van der Waals surface area contributed by atoms with Crippen LogP contribution in [0.15, 0.2) is 52.8 Å². The highest BCUT2D eigenvalue weighted by Gasteiger charge is 2.13. The normalized spacial score (nSPS) is 11.1. The van der Waals surface area contributed by atoms with Crippen molar-refractivity contribution < 1.29 is 9.53 Å². The zero-order valence-corrected chi connectivity index (χ0v) is 21.9. The third-order valence-electron chi connectivity index (χ3n) is 4.54. The van der Waals surface area contributed by atoms with Gasteiger partial charge in [0, 0.05) is 28.8 Å². The topological polar surface area (TPSA) is 54.3 Å². The quantitative estimate of drug-likeness (QED) is 0.175. The summed E-state index contributed by atoms with van der Waals surface area (Å²) >= 11 is 0. The number of hydrogen-bond acceptors (Lipinski definition) is 4. The van der Waals surface area contributed by atoms with Gasteiger partial charge in [0.1, 0.15) is 8.07 Å². The molecule has 172 valence electrons. The van der Waals surface area contributed by atoms with Crippen LogP contribution in [0.25, 0.3) is 0 Å². The van der Waals surface area contributed by atoms with Crippen LogP contribution in [0.1, 0.15) is 54.7 Å². The molecule has 0 unspecified atom stereocenters. The molecule has 6 heteroatoms. The summed E-state index contributed by atoms with van der Waals surface area (Å²) in [7, 11) is -0.149. The molecule has 2 rings (SSSR count). The first-order valence-corrected chi connectivity index (χ1v) is 14.6. The number of rotatable bonds is 5. The van der Waals surface area contributed by atoms with Crippen LogP contribution in [0.5, 0.6) is 0 Å². The van der Waals surface area contributed by atoms with Crippen molar-refractivity contribution >= 4 is 19.7 Å². The van der Waals surface area contributed by atoms with Crippen molar-refractivity contribution in [1.29, 1.82) is 0 Å². The second kappa shape index (κ2) is 11.5. The second-order valence-corrected chi connectivity index (χ2v) is 14.1. The number of hydrogen-bond donors (Lipinski definition) is 0. The van der Waals surface area contributed by atoms with Gasteiger partial charge in [-0.2, -0.15) is 0 Å². The smallest absolute Gasteiger partial charge is 0.339 e. The lowest BCUT2D eigenvalue weighted by Crippen LogP contribution is -2.31. The molecule has 0 aliphatic carbocycles. The van der Waals surface area contributed by atoms with Crippen molar-refractivity contribution in [3.05, 3.63) is 64.7 Å². The van der Waals surface area contributed by atoms with Crippen LogP contribution in [0.4, 0.5) is 5.69 Å². The molecule has 0 radical (unpaired) electrons. The first-order valence-electron chi connectivity index (χ1n) is 11.1. The molecule has 2 aromatic carbocycles. The fourth-order valence-corrected chi connectivity index (χ4v) is 3.45. The van der Waals surface area contributed by atoms with Crippen molar-refractivity contribution in [3.63, 3.8) is 0 Å². The predicted molar refractivity (Wildman–Crippen MR) is 137 cm³/mol. The molecule has 0 amide bonds. The minimum Gasteiger partial charge on any atom is -0.465 e. The third-order valence-corrected chi connectivity index (χ3v) is 5.41. The molecule has 0 saturated carbocycles. The van der Waals surface area contributed by atoms with Gasteiger partial charge in [-0.05, 0) is 70.2 Å². The van der Waals surface area contributed by atoms with Crippen LogP contribution in [0.3, 0.4) is 0 Å². The summed E-state index contributed by atoms with van der Waals surface area (Å²) in [5, 5.41) is 10.6.